The predicted molar refractivity (Wildman–Crippen MR) is 122 cm³/mol. The number of aryl methyl sites for hydroxylation is 1. The minimum absolute atomic E-state index is 0.346. The number of ether oxygens (including phenoxy) is 2. The molecule has 168 valence electrons. The lowest BCUT2D eigenvalue weighted by Crippen LogP contribution is -2.26. The van der Waals surface area contributed by atoms with Crippen LogP contribution in [0.2, 0.25) is 0 Å². The van der Waals surface area contributed by atoms with E-state index in [-0.39, 0.29) is 5.97 Å². The summed E-state index contributed by atoms with van der Waals surface area (Å²) in [4.78, 5) is 21.5. The standard InChI is InChI=1S/C25H28N2O5/c1-17(27-30-4)22(25(28)29-3)16-19-10-12-21(13-11-19)31-15-14-23-18(2)32-24(26-23)20-8-6-5-7-9-20/h5-13,22H,14-16H2,1-4H3. The van der Waals surface area contributed by atoms with Gasteiger partial charge in [-0.25, -0.2) is 4.98 Å². The molecule has 3 aromatic rings. The number of esters is 1. The molecule has 1 aromatic heterocycles. The minimum atomic E-state index is -0.499. The molecule has 1 heterocycles. The zero-order valence-corrected chi connectivity index (χ0v) is 18.8. The number of benzene rings is 2. The van der Waals surface area contributed by atoms with Crippen LogP contribution in [0.1, 0.15) is 23.9 Å². The molecule has 0 saturated heterocycles. The Kier molecular flexibility index (Phi) is 8.02. The first-order valence-corrected chi connectivity index (χ1v) is 10.4. The predicted octanol–water partition coefficient (Wildman–Crippen LogP) is 4.63. The monoisotopic (exact) mass is 436 g/mol. The summed E-state index contributed by atoms with van der Waals surface area (Å²) >= 11 is 0. The maximum absolute atomic E-state index is 12.1. The second kappa shape index (κ2) is 11.1. The Labute approximate surface area is 188 Å². The number of carbonyl (C=O) groups excluding carboxylic acids is 1. The Morgan fingerprint density at radius 1 is 1.09 bits per heavy atom. The Morgan fingerprint density at radius 3 is 2.47 bits per heavy atom. The van der Waals surface area contributed by atoms with E-state index in [1.165, 1.54) is 14.2 Å². The zero-order chi connectivity index (χ0) is 22.9. The molecule has 0 N–H and O–H groups in total. The first-order chi connectivity index (χ1) is 15.5. The number of aromatic nitrogens is 1. The van der Waals surface area contributed by atoms with Crippen molar-refractivity contribution in [3.8, 4) is 17.2 Å². The Hall–Kier alpha value is -3.61. The molecular weight excluding hydrogens is 408 g/mol. The van der Waals surface area contributed by atoms with Crippen LogP contribution >= 0.6 is 0 Å². The summed E-state index contributed by atoms with van der Waals surface area (Å²) in [5, 5.41) is 3.88. The maximum atomic E-state index is 12.1. The van der Waals surface area contributed by atoms with Crippen molar-refractivity contribution in [2.45, 2.75) is 26.7 Å². The van der Waals surface area contributed by atoms with Crippen LogP contribution in [0.25, 0.3) is 11.5 Å². The van der Waals surface area contributed by atoms with Gasteiger partial charge in [0.05, 0.1) is 25.1 Å². The summed E-state index contributed by atoms with van der Waals surface area (Å²) in [6.07, 6.45) is 1.10. The number of hydrogen-bond acceptors (Lipinski definition) is 7. The third-order valence-electron chi connectivity index (χ3n) is 5.11. The Bertz CT molecular complexity index is 1040. The minimum Gasteiger partial charge on any atom is -0.493 e. The first-order valence-electron chi connectivity index (χ1n) is 10.4. The second-order valence-electron chi connectivity index (χ2n) is 7.33. The zero-order valence-electron chi connectivity index (χ0n) is 18.8. The van der Waals surface area contributed by atoms with Crippen molar-refractivity contribution in [3.63, 3.8) is 0 Å². The van der Waals surface area contributed by atoms with Crippen molar-refractivity contribution in [3.05, 3.63) is 71.6 Å². The molecule has 3 rings (SSSR count). The largest absolute Gasteiger partial charge is 0.493 e. The van der Waals surface area contributed by atoms with E-state index in [4.69, 9.17) is 18.7 Å². The van der Waals surface area contributed by atoms with Crippen molar-refractivity contribution in [1.29, 1.82) is 0 Å². The van der Waals surface area contributed by atoms with Gasteiger partial charge in [0.2, 0.25) is 5.89 Å². The molecule has 1 unspecified atom stereocenters. The molecule has 7 nitrogen and oxygen atoms in total. The smallest absolute Gasteiger partial charge is 0.314 e. The van der Waals surface area contributed by atoms with E-state index in [1.54, 1.807) is 6.92 Å². The van der Waals surface area contributed by atoms with Gasteiger partial charge in [-0.05, 0) is 50.1 Å². The van der Waals surface area contributed by atoms with Gasteiger partial charge < -0.3 is 18.7 Å². The van der Waals surface area contributed by atoms with Crippen LogP contribution in [-0.2, 0) is 27.2 Å². The van der Waals surface area contributed by atoms with Crippen molar-refractivity contribution < 1.29 is 23.5 Å². The van der Waals surface area contributed by atoms with E-state index in [9.17, 15) is 4.79 Å². The maximum Gasteiger partial charge on any atom is 0.314 e. The lowest BCUT2D eigenvalue weighted by atomic mass is 9.95. The van der Waals surface area contributed by atoms with Gasteiger partial charge in [-0.15, -0.1) is 0 Å². The molecular formula is C25H28N2O5. The molecule has 2 aromatic carbocycles. The average molecular weight is 437 g/mol. The van der Waals surface area contributed by atoms with Gasteiger partial charge >= 0.3 is 5.97 Å². The molecule has 0 bridgehead atoms. The van der Waals surface area contributed by atoms with Crippen LogP contribution in [0.3, 0.4) is 0 Å². The topological polar surface area (TPSA) is 83.2 Å². The fourth-order valence-electron chi connectivity index (χ4n) is 3.34. The van der Waals surface area contributed by atoms with Crippen LogP contribution in [0.15, 0.2) is 64.2 Å². The number of carbonyl (C=O) groups is 1. The highest BCUT2D eigenvalue weighted by molar-refractivity contribution is 6.00. The van der Waals surface area contributed by atoms with Crippen molar-refractivity contribution in [2.24, 2.45) is 11.1 Å². The molecule has 0 fully saturated rings. The molecule has 0 radical (unpaired) electrons. The van der Waals surface area contributed by atoms with Crippen LogP contribution < -0.4 is 4.74 Å². The van der Waals surface area contributed by atoms with E-state index in [0.717, 1.165) is 28.3 Å². The van der Waals surface area contributed by atoms with Gasteiger partial charge in [0.15, 0.2) is 0 Å². The van der Waals surface area contributed by atoms with Gasteiger partial charge in [-0.1, -0.05) is 35.5 Å². The summed E-state index contributed by atoms with van der Waals surface area (Å²) in [5.41, 5.74) is 3.37. The fraction of sp³-hybridized carbons (Fsp3) is 0.320. The lowest BCUT2D eigenvalue weighted by Gasteiger charge is -2.14. The van der Waals surface area contributed by atoms with E-state index in [0.29, 0.717) is 31.1 Å². The third-order valence-corrected chi connectivity index (χ3v) is 5.11. The highest BCUT2D eigenvalue weighted by Gasteiger charge is 2.23. The molecule has 7 heteroatoms. The van der Waals surface area contributed by atoms with Crippen LogP contribution in [-0.4, -0.2) is 37.5 Å². The van der Waals surface area contributed by atoms with Crippen LogP contribution in [0.5, 0.6) is 5.75 Å². The summed E-state index contributed by atoms with van der Waals surface area (Å²) < 4.78 is 16.6. The van der Waals surface area contributed by atoms with Crippen LogP contribution in [0.4, 0.5) is 0 Å². The number of hydrogen-bond donors (Lipinski definition) is 0. The average Bonchev–Trinajstić information content (AvgIpc) is 3.19. The number of nitrogens with zero attached hydrogens (tertiary/aromatic N) is 2. The summed E-state index contributed by atoms with van der Waals surface area (Å²) in [6, 6.07) is 17.5. The molecule has 0 aliphatic heterocycles. The number of oxime groups is 1. The number of methoxy groups -OCH3 is 1. The molecule has 0 saturated carbocycles. The van der Waals surface area contributed by atoms with Gasteiger partial charge in [0.25, 0.3) is 0 Å². The molecule has 0 aliphatic rings. The normalized spacial score (nSPS) is 12.3. The van der Waals surface area contributed by atoms with Crippen LogP contribution in [0, 0.1) is 12.8 Å². The van der Waals surface area contributed by atoms with Gasteiger partial charge in [-0.3, -0.25) is 4.79 Å². The van der Waals surface area contributed by atoms with Gasteiger partial charge in [-0.2, -0.15) is 0 Å². The number of rotatable bonds is 10. The van der Waals surface area contributed by atoms with Crippen molar-refractivity contribution in [2.75, 3.05) is 20.8 Å². The quantitative estimate of drug-likeness (QED) is 0.262. The third kappa shape index (κ3) is 5.97. The second-order valence-corrected chi connectivity index (χ2v) is 7.33. The molecule has 0 aliphatic carbocycles. The lowest BCUT2D eigenvalue weighted by molar-refractivity contribution is -0.143. The molecule has 1 atom stereocenters. The van der Waals surface area contributed by atoms with E-state index >= 15 is 0 Å². The summed E-state index contributed by atoms with van der Waals surface area (Å²) in [7, 11) is 2.82. The summed E-state index contributed by atoms with van der Waals surface area (Å²) in [6.45, 7) is 4.14. The van der Waals surface area contributed by atoms with Crippen molar-refractivity contribution >= 4 is 11.7 Å². The Balaban J connectivity index is 1.57. The fourth-order valence-corrected chi connectivity index (χ4v) is 3.34. The molecule has 0 spiro atoms. The van der Waals surface area contributed by atoms with E-state index in [2.05, 4.69) is 10.1 Å². The Morgan fingerprint density at radius 2 is 1.81 bits per heavy atom. The van der Waals surface area contributed by atoms with Gasteiger partial charge in [0.1, 0.15) is 24.5 Å². The SMILES string of the molecule is CON=C(C)C(Cc1ccc(OCCc2nc(-c3ccccc3)oc2C)cc1)C(=O)OC. The first kappa shape index (κ1) is 23.1. The summed E-state index contributed by atoms with van der Waals surface area (Å²) in [5.74, 6) is 1.32. The van der Waals surface area contributed by atoms with E-state index in [1.807, 2.05) is 61.5 Å². The highest BCUT2D eigenvalue weighted by atomic mass is 16.6. The highest BCUT2D eigenvalue weighted by Crippen LogP contribution is 2.22. The number of oxazole rings is 1. The molecule has 32 heavy (non-hydrogen) atoms. The van der Waals surface area contributed by atoms with Crippen molar-refractivity contribution in [1.82, 2.24) is 4.98 Å². The molecule has 0 amide bonds. The van der Waals surface area contributed by atoms with Gasteiger partial charge in [0, 0.05) is 12.0 Å². The van der Waals surface area contributed by atoms with E-state index < -0.39 is 5.92 Å².